The first-order chi connectivity index (χ1) is 14.2. The van der Waals surface area contributed by atoms with Crippen LogP contribution in [0.15, 0.2) is 24.3 Å². The highest BCUT2D eigenvalue weighted by atomic mass is 16.5. The zero-order chi connectivity index (χ0) is 21.2. The topological polar surface area (TPSA) is 35.5 Å². The maximum absolute atomic E-state index is 12.3. The molecule has 0 heterocycles. The molecule has 0 radical (unpaired) electrons. The summed E-state index contributed by atoms with van der Waals surface area (Å²) in [5.41, 5.74) is 0.941. The number of hydrogen-bond acceptors (Lipinski definition) is 3. The fourth-order valence-electron chi connectivity index (χ4n) is 4.04. The van der Waals surface area contributed by atoms with Gasteiger partial charge in [0, 0.05) is 5.56 Å². The summed E-state index contributed by atoms with van der Waals surface area (Å²) in [5, 5.41) is 0. The highest BCUT2D eigenvalue weighted by Gasteiger charge is 2.23. The van der Waals surface area contributed by atoms with Gasteiger partial charge in [0.2, 0.25) is 0 Å². The predicted molar refractivity (Wildman–Crippen MR) is 123 cm³/mol. The molecule has 1 unspecified atom stereocenters. The molecule has 0 aliphatic heterocycles. The fourth-order valence-corrected chi connectivity index (χ4v) is 4.04. The predicted octanol–water partition coefficient (Wildman–Crippen LogP) is 7.82. The molecule has 1 aromatic carbocycles. The summed E-state index contributed by atoms with van der Waals surface area (Å²) in [7, 11) is 3.12. The van der Waals surface area contributed by atoms with Gasteiger partial charge in [0.15, 0.2) is 0 Å². The van der Waals surface area contributed by atoms with E-state index < -0.39 is 0 Å². The molecule has 0 aliphatic rings. The van der Waals surface area contributed by atoms with E-state index in [9.17, 15) is 4.79 Å². The van der Waals surface area contributed by atoms with Crippen LogP contribution in [0.1, 0.15) is 115 Å². The minimum atomic E-state index is -0.228. The molecule has 166 valence electrons. The second kappa shape index (κ2) is 17.4. The van der Waals surface area contributed by atoms with E-state index in [-0.39, 0.29) is 11.9 Å². The molecule has 0 fully saturated rings. The Balaban J connectivity index is 2.12. The van der Waals surface area contributed by atoms with Gasteiger partial charge in [-0.1, -0.05) is 115 Å². The summed E-state index contributed by atoms with van der Waals surface area (Å²) in [6.07, 6.45) is 19.6. The van der Waals surface area contributed by atoms with Crippen molar-refractivity contribution in [3.8, 4) is 5.75 Å². The summed E-state index contributed by atoms with van der Waals surface area (Å²) in [4.78, 5) is 12.3. The Hall–Kier alpha value is -1.51. The Morgan fingerprint density at radius 2 is 1.24 bits per heavy atom. The van der Waals surface area contributed by atoms with Crippen LogP contribution in [-0.2, 0) is 9.53 Å². The third kappa shape index (κ3) is 11.3. The van der Waals surface area contributed by atoms with Crippen molar-refractivity contribution in [3.05, 3.63) is 29.8 Å². The van der Waals surface area contributed by atoms with Gasteiger partial charge in [-0.25, -0.2) is 0 Å². The molecule has 0 spiro atoms. The van der Waals surface area contributed by atoms with E-state index in [4.69, 9.17) is 9.47 Å². The summed E-state index contributed by atoms with van der Waals surface area (Å²) in [6, 6.07) is 7.78. The Kier molecular flexibility index (Phi) is 15.3. The van der Waals surface area contributed by atoms with Crippen molar-refractivity contribution in [3.63, 3.8) is 0 Å². The van der Waals surface area contributed by atoms with E-state index in [0.29, 0.717) is 0 Å². The zero-order valence-electron chi connectivity index (χ0n) is 19.2. The average Bonchev–Trinajstić information content (AvgIpc) is 2.76. The van der Waals surface area contributed by atoms with E-state index in [1.807, 2.05) is 24.3 Å². The van der Waals surface area contributed by atoms with E-state index >= 15 is 0 Å². The van der Waals surface area contributed by atoms with Gasteiger partial charge in [0.1, 0.15) is 5.75 Å². The summed E-state index contributed by atoms with van der Waals surface area (Å²) in [5.74, 6) is 0.380. The highest BCUT2D eigenvalue weighted by Crippen LogP contribution is 2.31. The van der Waals surface area contributed by atoms with E-state index in [1.165, 1.54) is 90.6 Å². The molecular weight excluding hydrogens is 360 g/mol. The molecular formula is C26H44O3. The van der Waals surface area contributed by atoms with Gasteiger partial charge in [0.05, 0.1) is 20.1 Å². The van der Waals surface area contributed by atoms with Gasteiger partial charge in [-0.2, -0.15) is 0 Å². The van der Waals surface area contributed by atoms with Crippen molar-refractivity contribution in [1.29, 1.82) is 0 Å². The van der Waals surface area contributed by atoms with Gasteiger partial charge < -0.3 is 9.47 Å². The lowest BCUT2D eigenvalue weighted by Gasteiger charge is -2.17. The Morgan fingerprint density at radius 3 is 1.72 bits per heavy atom. The largest absolute Gasteiger partial charge is 0.496 e. The van der Waals surface area contributed by atoms with Gasteiger partial charge >= 0.3 is 5.97 Å². The van der Waals surface area contributed by atoms with E-state index in [2.05, 4.69) is 6.92 Å². The first-order valence-electron chi connectivity index (χ1n) is 11.9. The summed E-state index contributed by atoms with van der Waals surface area (Å²) < 4.78 is 10.5. The van der Waals surface area contributed by atoms with Crippen molar-refractivity contribution in [2.75, 3.05) is 14.2 Å². The van der Waals surface area contributed by atoms with Crippen LogP contribution in [0.3, 0.4) is 0 Å². The molecule has 0 saturated carbocycles. The van der Waals surface area contributed by atoms with Crippen LogP contribution < -0.4 is 4.74 Å². The zero-order valence-corrected chi connectivity index (χ0v) is 19.2. The lowest BCUT2D eigenvalue weighted by Crippen LogP contribution is -2.15. The molecule has 0 saturated heterocycles. The number of benzene rings is 1. The molecule has 0 bridgehead atoms. The van der Waals surface area contributed by atoms with Gasteiger partial charge in [-0.3, -0.25) is 4.79 Å². The lowest BCUT2D eigenvalue weighted by atomic mass is 9.92. The second-order valence-corrected chi connectivity index (χ2v) is 8.20. The summed E-state index contributed by atoms with van der Waals surface area (Å²) >= 11 is 0. The fraction of sp³-hybridized carbons (Fsp3) is 0.731. The first kappa shape index (κ1) is 25.5. The summed E-state index contributed by atoms with van der Waals surface area (Å²) in [6.45, 7) is 2.28. The Bertz CT molecular complexity index is 526. The normalized spacial score (nSPS) is 12.0. The average molecular weight is 405 g/mol. The standard InChI is InChI=1S/C26H44O3/c1-4-5-6-7-8-9-10-11-12-13-14-15-16-17-21-24(26(27)29-3)23-20-18-19-22-25(23)28-2/h18-20,22,24H,4-17,21H2,1-3H3. The van der Waals surface area contributed by atoms with Crippen molar-refractivity contribution >= 4 is 5.97 Å². The molecule has 0 amide bonds. The third-order valence-corrected chi connectivity index (χ3v) is 5.85. The first-order valence-corrected chi connectivity index (χ1v) is 11.9. The van der Waals surface area contributed by atoms with Gasteiger partial charge in [-0.15, -0.1) is 0 Å². The molecule has 3 nitrogen and oxygen atoms in total. The minimum Gasteiger partial charge on any atom is -0.496 e. The van der Waals surface area contributed by atoms with Crippen molar-refractivity contribution in [2.24, 2.45) is 0 Å². The Morgan fingerprint density at radius 1 is 0.759 bits per heavy atom. The van der Waals surface area contributed by atoms with Crippen molar-refractivity contribution < 1.29 is 14.3 Å². The van der Waals surface area contributed by atoms with Crippen LogP contribution in [0, 0.1) is 0 Å². The number of esters is 1. The molecule has 0 aliphatic carbocycles. The van der Waals surface area contributed by atoms with E-state index in [1.54, 1.807) is 7.11 Å². The minimum absolute atomic E-state index is 0.163. The monoisotopic (exact) mass is 404 g/mol. The van der Waals surface area contributed by atoms with Crippen molar-refractivity contribution in [2.45, 2.75) is 109 Å². The lowest BCUT2D eigenvalue weighted by molar-refractivity contribution is -0.142. The van der Waals surface area contributed by atoms with Crippen LogP contribution in [-0.4, -0.2) is 20.2 Å². The number of carbonyl (C=O) groups is 1. The molecule has 1 aromatic rings. The number of carbonyl (C=O) groups excluding carboxylic acids is 1. The highest BCUT2D eigenvalue weighted by molar-refractivity contribution is 5.79. The molecule has 0 N–H and O–H groups in total. The van der Waals surface area contributed by atoms with Gasteiger partial charge in [-0.05, 0) is 12.5 Å². The number of hydrogen-bond donors (Lipinski definition) is 0. The Labute approximate surface area is 179 Å². The number of para-hydroxylation sites is 1. The maximum atomic E-state index is 12.3. The third-order valence-electron chi connectivity index (χ3n) is 5.85. The van der Waals surface area contributed by atoms with Crippen molar-refractivity contribution in [1.82, 2.24) is 0 Å². The molecule has 29 heavy (non-hydrogen) atoms. The van der Waals surface area contributed by atoms with Crippen LogP contribution in [0.4, 0.5) is 0 Å². The second-order valence-electron chi connectivity index (χ2n) is 8.20. The van der Waals surface area contributed by atoms with Gasteiger partial charge in [0.25, 0.3) is 0 Å². The smallest absolute Gasteiger partial charge is 0.313 e. The SMILES string of the molecule is CCCCCCCCCCCCCCCCC(C(=O)OC)c1ccccc1OC. The number of ether oxygens (including phenoxy) is 2. The van der Waals surface area contributed by atoms with Crippen LogP contribution in [0.25, 0.3) is 0 Å². The van der Waals surface area contributed by atoms with Crippen LogP contribution >= 0.6 is 0 Å². The molecule has 1 atom stereocenters. The number of methoxy groups -OCH3 is 2. The molecule has 3 heteroatoms. The van der Waals surface area contributed by atoms with Crippen LogP contribution in [0.2, 0.25) is 0 Å². The van der Waals surface area contributed by atoms with Crippen LogP contribution in [0.5, 0.6) is 5.75 Å². The molecule has 1 rings (SSSR count). The number of rotatable bonds is 18. The quantitative estimate of drug-likeness (QED) is 0.185. The maximum Gasteiger partial charge on any atom is 0.313 e. The number of unbranched alkanes of at least 4 members (excludes halogenated alkanes) is 13. The molecule has 0 aromatic heterocycles. The van der Waals surface area contributed by atoms with E-state index in [0.717, 1.165) is 24.2 Å².